The number of amides is 1. The monoisotopic (exact) mass is 446 g/mol. The number of carbonyl (C=O) groups excluding carboxylic acids is 1. The highest BCUT2D eigenvalue weighted by Crippen LogP contribution is 2.27. The smallest absolute Gasteiger partial charge is 0.256 e. The number of hydrogen-bond donors (Lipinski definition) is 4. The number of ether oxygens (including phenoxy) is 1. The summed E-state index contributed by atoms with van der Waals surface area (Å²) in [6, 6.07) is 12.7. The van der Waals surface area contributed by atoms with Crippen molar-refractivity contribution in [2.24, 2.45) is 0 Å². The molecule has 1 aromatic carbocycles. The van der Waals surface area contributed by atoms with Crippen LogP contribution in [0.2, 0.25) is 0 Å². The highest BCUT2D eigenvalue weighted by molar-refractivity contribution is 5.99. The minimum Gasteiger partial charge on any atom is -0.497 e. The fourth-order valence-electron chi connectivity index (χ4n) is 3.37. The van der Waals surface area contributed by atoms with E-state index in [-0.39, 0.29) is 11.5 Å². The third kappa shape index (κ3) is 5.45. The second-order valence-corrected chi connectivity index (χ2v) is 7.84. The molecule has 0 spiro atoms. The first-order valence-electron chi connectivity index (χ1n) is 10.6. The van der Waals surface area contributed by atoms with Gasteiger partial charge in [-0.1, -0.05) is 18.2 Å². The molecule has 1 aliphatic rings. The number of allylic oxidation sites excluding steroid dienone is 1. The van der Waals surface area contributed by atoms with Crippen molar-refractivity contribution in [1.82, 2.24) is 20.3 Å². The Morgan fingerprint density at radius 3 is 2.73 bits per heavy atom. The van der Waals surface area contributed by atoms with Gasteiger partial charge in [-0.3, -0.25) is 4.79 Å². The van der Waals surface area contributed by atoms with Crippen LogP contribution in [0.5, 0.6) is 5.75 Å². The van der Waals surface area contributed by atoms with Gasteiger partial charge in [0.2, 0.25) is 5.95 Å². The number of benzene rings is 1. The van der Waals surface area contributed by atoms with Gasteiger partial charge in [-0.05, 0) is 56.2 Å². The second kappa shape index (κ2) is 9.66. The van der Waals surface area contributed by atoms with Crippen LogP contribution in [0.1, 0.15) is 35.8 Å². The number of anilines is 4. The average molecular weight is 447 g/mol. The van der Waals surface area contributed by atoms with E-state index in [4.69, 9.17) is 4.74 Å². The molecule has 0 saturated carbocycles. The molecule has 4 N–H and O–H groups in total. The van der Waals surface area contributed by atoms with Crippen LogP contribution in [0.25, 0.3) is 0 Å². The largest absolute Gasteiger partial charge is 0.497 e. The number of hydrogen-bond acceptors (Lipinski definition) is 8. The number of methoxy groups -OCH3 is 1. The van der Waals surface area contributed by atoms with Crippen LogP contribution in [-0.2, 0) is 5.60 Å². The van der Waals surface area contributed by atoms with Gasteiger partial charge in [0.05, 0.1) is 12.8 Å². The van der Waals surface area contributed by atoms with Gasteiger partial charge in [0.15, 0.2) is 0 Å². The SMILES string of the molecule is COc1ccc(Nc2ncc3c(n2)Nc2cccc(n2)C(C)(O)CC/C=C\CNC3=O)cc1. The van der Waals surface area contributed by atoms with Crippen molar-refractivity contribution in [3.8, 4) is 5.75 Å². The average Bonchev–Trinajstić information content (AvgIpc) is 2.81. The molecule has 170 valence electrons. The lowest BCUT2D eigenvalue weighted by atomic mass is 9.95. The molecule has 4 rings (SSSR count). The molecule has 9 nitrogen and oxygen atoms in total. The molecule has 1 atom stereocenters. The highest BCUT2D eigenvalue weighted by Gasteiger charge is 2.24. The lowest BCUT2D eigenvalue weighted by Gasteiger charge is -2.23. The molecule has 0 saturated heterocycles. The first-order valence-corrected chi connectivity index (χ1v) is 10.6. The molecule has 0 fully saturated rings. The number of rotatable bonds is 3. The summed E-state index contributed by atoms with van der Waals surface area (Å²) < 4.78 is 5.18. The van der Waals surface area contributed by atoms with Crippen molar-refractivity contribution in [2.45, 2.75) is 25.4 Å². The van der Waals surface area contributed by atoms with E-state index >= 15 is 0 Å². The minimum absolute atomic E-state index is 0.278. The van der Waals surface area contributed by atoms with Gasteiger partial charge in [0.1, 0.15) is 28.5 Å². The Labute approximate surface area is 192 Å². The molecule has 3 heterocycles. The summed E-state index contributed by atoms with van der Waals surface area (Å²) in [7, 11) is 1.61. The molecule has 0 aliphatic carbocycles. The van der Waals surface area contributed by atoms with Crippen molar-refractivity contribution in [3.63, 3.8) is 0 Å². The molecule has 0 radical (unpaired) electrons. The van der Waals surface area contributed by atoms with E-state index in [1.54, 1.807) is 32.2 Å². The summed E-state index contributed by atoms with van der Waals surface area (Å²) in [5.41, 5.74) is 0.488. The Kier molecular flexibility index (Phi) is 6.50. The lowest BCUT2D eigenvalue weighted by molar-refractivity contribution is 0.0444. The zero-order chi connectivity index (χ0) is 23.3. The van der Waals surface area contributed by atoms with Crippen molar-refractivity contribution in [2.75, 3.05) is 24.3 Å². The van der Waals surface area contributed by atoms with Crippen LogP contribution in [0.15, 0.2) is 60.8 Å². The number of fused-ring (bicyclic) bond motifs is 3. The van der Waals surface area contributed by atoms with Gasteiger partial charge in [-0.2, -0.15) is 4.98 Å². The van der Waals surface area contributed by atoms with Crippen molar-refractivity contribution in [3.05, 3.63) is 72.1 Å². The summed E-state index contributed by atoms with van der Waals surface area (Å²) in [6.07, 6.45) is 6.41. The van der Waals surface area contributed by atoms with Crippen LogP contribution in [0, 0.1) is 0 Å². The number of nitrogens with one attached hydrogen (secondary N) is 3. The maximum atomic E-state index is 12.8. The Morgan fingerprint density at radius 2 is 1.94 bits per heavy atom. The fraction of sp³-hybridized carbons (Fsp3) is 0.250. The van der Waals surface area contributed by atoms with Crippen molar-refractivity contribution < 1.29 is 14.6 Å². The van der Waals surface area contributed by atoms with E-state index in [0.717, 1.165) is 11.4 Å². The highest BCUT2D eigenvalue weighted by atomic mass is 16.5. The number of carbonyl (C=O) groups is 1. The Balaban J connectivity index is 1.69. The van der Waals surface area contributed by atoms with Gasteiger partial charge in [-0.15, -0.1) is 0 Å². The predicted octanol–water partition coefficient (Wildman–Crippen LogP) is 3.65. The van der Waals surface area contributed by atoms with Gasteiger partial charge >= 0.3 is 0 Å². The minimum atomic E-state index is -1.09. The fourth-order valence-corrected chi connectivity index (χ4v) is 3.37. The maximum Gasteiger partial charge on any atom is 0.256 e. The third-order valence-electron chi connectivity index (χ3n) is 5.27. The molecule has 33 heavy (non-hydrogen) atoms. The molecular formula is C24H26N6O3. The molecule has 3 aromatic rings. The lowest BCUT2D eigenvalue weighted by Crippen LogP contribution is -2.26. The van der Waals surface area contributed by atoms with Crippen LogP contribution in [-0.4, -0.2) is 39.6 Å². The van der Waals surface area contributed by atoms with E-state index in [9.17, 15) is 9.90 Å². The van der Waals surface area contributed by atoms with Crippen LogP contribution >= 0.6 is 0 Å². The Hall–Kier alpha value is -3.98. The number of nitrogens with zero attached hydrogens (tertiary/aromatic N) is 3. The normalized spacial score (nSPS) is 19.3. The number of pyridine rings is 1. The molecular weight excluding hydrogens is 420 g/mol. The first kappa shape index (κ1) is 22.2. The molecule has 1 aliphatic heterocycles. The molecule has 2 aromatic heterocycles. The summed E-state index contributed by atoms with van der Waals surface area (Å²) in [5, 5.41) is 20.0. The van der Waals surface area contributed by atoms with E-state index in [2.05, 4.69) is 30.9 Å². The summed E-state index contributed by atoms with van der Waals surface area (Å²) in [6.45, 7) is 2.10. The van der Waals surface area contributed by atoms with Crippen LogP contribution < -0.4 is 20.7 Å². The summed E-state index contributed by atoms with van der Waals surface area (Å²) >= 11 is 0. The van der Waals surface area contributed by atoms with E-state index < -0.39 is 5.60 Å². The Morgan fingerprint density at radius 1 is 1.12 bits per heavy atom. The third-order valence-corrected chi connectivity index (χ3v) is 5.27. The molecule has 9 heteroatoms. The maximum absolute atomic E-state index is 12.8. The van der Waals surface area contributed by atoms with E-state index in [1.807, 2.05) is 36.4 Å². The zero-order valence-electron chi connectivity index (χ0n) is 18.5. The number of aliphatic hydroxyl groups is 1. The van der Waals surface area contributed by atoms with Gasteiger partial charge in [0, 0.05) is 18.4 Å². The van der Waals surface area contributed by atoms with Crippen LogP contribution in [0.3, 0.4) is 0 Å². The van der Waals surface area contributed by atoms with E-state index in [0.29, 0.717) is 42.7 Å². The standard InChI is InChI=1S/C24H26N6O3/c1-24(32)13-4-3-5-14-25-22(31)18-15-26-23(27-16-9-11-17(33-2)12-10-16)30-21(18)29-20-8-6-7-19(24)28-20/h3,5-12,15,32H,4,13-14H2,1-2H3,(H,25,31)(H2,26,27,28,29,30)/b5-3-. The topological polar surface area (TPSA) is 121 Å². The van der Waals surface area contributed by atoms with Gasteiger partial charge in [0.25, 0.3) is 5.91 Å². The predicted molar refractivity (Wildman–Crippen MR) is 126 cm³/mol. The molecule has 1 unspecified atom stereocenters. The zero-order valence-corrected chi connectivity index (χ0v) is 18.5. The summed E-state index contributed by atoms with van der Waals surface area (Å²) in [4.78, 5) is 26.2. The van der Waals surface area contributed by atoms with Crippen molar-refractivity contribution >= 4 is 29.2 Å². The molecule has 1 amide bonds. The van der Waals surface area contributed by atoms with Gasteiger partial charge < -0.3 is 25.8 Å². The van der Waals surface area contributed by atoms with Crippen molar-refractivity contribution in [1.29, 1.82) is 0 Å². The number of aromatic nitrogens is 3. The Bertz CT molecular complexity index is 1160. The molecule has 2 bridgehead atoms. The summed E-state index contributed by atoms with van der Waals surface area (Å²) in [5.74, 6) is 1.49. The van der Waals surface area contributed by atoms with E-state index in [1.165, 1.54) is 6.20 Å². The van der Waals surface area contributed by atoms with Gasteiger partial charge in [-0.25, -0.2) is 9.97 Å². The quantitative estimate of drug-likeness (QED) is 0.450. The second-order valence-electron chi connectivity index (χ2n) is 7.84. The first-order chi connectivity index (χ1) is 15.9. The van der Waals surface area contributed by atoms with Crippen LogP contribution in [0.4, 0.5) is 23.3 Å².